The van der Waals surface area contributed by atoms with Crippen molar-refractivity contribution >= 4 is 45.4 Å². The first kappa shape index (κ1) is 23.7. The average Bonchev–Trinajstić information content (AvgIpc) is 3.43. The number of carboxylic acids is 1. The van der Waals surface area contributed by atoms with E-state index in [2.05, 4.69) is 27.3 Å². The van der Waals surface area contributed by atoms with E-state index in [0.29, 0.717) is 30.1 Å². The van der Waals surface area contributed by atoms with Gasteiger partial charge in [-0.05, 0) is 68.8 Å². The second-order valence-electron chi connectivity index (χ2n) is 10.8. The first-order valence-corrected chi connectivity index (χ1v) is 13.1. The highest BCUT2D eigenvalue weighted by molar-refractivity contribution is 6.18. The number of piperidine rings is 2. The molecule has 1 unspecified atom stereocenters. The Labute approximate surface area is 214 Å². The molecule has 3 aromatic rings. The van der Waals surface area contributed by atoms with Crippen LogP contribution in [0.5, 0.6) is 0 Å². The number of anilines is 1. The molecule has 0 aliphatic carbocycles. The number of rotatable bonds is 5. The predicted octanol–water partition coefficient (Wildman–Crippen LogP) is 2.19. The highest BCUT2D eigenvalue weighted by atomic mass is 16.4. The van der Waals surface area contributed by atoms with E-state index in [1.165, 1.54) is 5.56 Å². The van der Waals surface area contributed by atoms with Crippen LogP contribution in [0, 0.1) is 5.41 Å². The van der Waals surface area contributed by atoms with Gasteiger partial charge in [-0.25, -0.2) is 4.98 Å². The SMILES string of the molecule is NC(=O)c1cnc(N2CCCC3(CCNC3=O)C2)c2c1[nH]c1ccc(C3CCN(CC(=O)O)CC3)cc12. The normalized spacial score (nSPS) is 23.2. The Morgan fingerprint density at radius 3 is 2.70 bits per heavy atom. The van der Waals surface area contributed by atoms with Gasteiger partial charge in [0, 0.05) is 36.7 Å². The Morgan fingerprint density at radius 1 is 1.19 bits per heavy atom. The van der Waals surface area contributed by atoms with Gasteiger partial charge in [0.1, 0.15) is 5.82 Å². The number of pyridine rings is 1. The number of H-pyrrole nitrogens is 1. The molecule has 194 valence electrons. The van der Waals surface area contributed by atoms with Gasteiger partial charge in [-0.1, -0.05) is 6.07 Å². The molecular weight excluding hydrogens is 472 g/mol. The van der Waals surface area contributed by atoms with Crippen molar-refractivity contribution in [1.29, 1.82) is 0 Å². The number of hydrogen-bond donors (Lipinski definition) is 4. The number of benzene rings is 1. The fourth-order valence-electron chi connectivity index (χ4n) is 6.61. The van der Waals surface area contributed by atoms with Crippen LogP contribution in [-0.2, 0) is 9.59 Å². The quantitative estimate of drug-likeness (QED) is 0.417. The molecule has 3 aliphatic rings. The van der Waals surface area contributed by atoms with Gasteiger partial charge in [0.05, 0.1) is 28.4 Å². The third-order valence-electron chi connectivity index (χ3n) is 8.56. The molecule has 5 N–H and O–H groups in total. The molecule has 2 amide bonds. The molecule has 10 nitrogen and oxygen atoms in total. The van der Waals surface area contributed by atoms with Gasteiger partial charge in [-0.3, -0.25) is 19.3 Å². The highest BCUT2D eigenvalue weighted by Crippen LogP contribution is 2.42. The van der Waals surface area contributed by atoms with Crippen molar-refractivity contribution in [2.45, 2.75) is 38.0 Å². The lowest BCUT2D eigenvalue weighted by Crippen LogP contribution is -2.47. The first-order chi connectivity index (χ1) is 17.8. The smallest absolute Gasteiger partial charge is 0.317 e. The maximum atomic E-state index is 12.7. The van der Waals surface area contributed by atoms with Crippen molar-refractivity contribution in [2.24, 2.45) is 11.1 Å². The number of likely N-dealkylation sites (tertiary alicyclic amines) is 1. The Balaban J connectivity index is 1.41. The number of aromatic amines is 1. The van der Waals surface area contributed by atoms with Gasteiger partial charge >= 0.3 is 5.97 Å². The van der Waals surface area contributed by atoms with E-state index in [1.54, 1.807) is 6.20 Å². The molecule has 1 aromatic carbocycles. The number of aliphatic carboxylic acids is 1. The Hall–Kier alpha value is -3.66. The van der Waals surface area contributed by atoms with Crippen LogP contribution in [-0.4, -0.2) is 77.0 Å². The summed E-state index contributed by atoms with van der Waals surface area (Å²) in [4.78, 5) is 48.5. The van der Waals surface area contributed by atoms with E-state index in [4.69, 9.17) is 15.8 Å². The van der Waals surface area contributed by atoms with E-state index in [9.17, 15) is 14.4 Å². The minimum atomic E-state index is -0.793. The van der Waals surface area contributed by atoms with E-state index in [0.717, 1.165) is 73.8 Å². The lowest BCUT2D eigenvalue weighted by Gasteiger charge is -2.39. The van der Waals surface area contributed by atoms with Crippen molar-refractivity contribution in [1.82, 2.24) is 20.2 Å². The molecular formula is C27H32N6O4. The average molecular weight is 505 g/mol. The number of carboxylic acid groups (broad SMARTS) is 1. The molecule has 6 rings (SSSR count). The molecule has 10 heteroatoms. The van der Waals surface area contributed by atoms with Crippen molar-refractivity contribution in [3.63, 3.8) is 0 Å². The number of fused-ring (bicyclic) bond motifs is 3. The second-order valence-corrected chi connectivity index (χ2v) is 10.8. The molecule has 0 saturated carbocycles. The molecule has 5 heterocycles. The van der Waals surface area contributed by atoms with Crippen LogP contribution in [0.2, 0.25) is 0 Å². The van der Waals surface area contributed by atoms with Gasteiger partial charge in [0.25, 0.3) is 5.91 Å². The van der Waals surface area contributed by atoms with Crippen molar-refractivity contribution in [3.05, 3.63) is 35.5 Å². The summed E-state index contributed by atoms with van der Waals surface area (Å²) in [5.41, 5.74) is 8.46. The summed E-state index contributed by atoms with van der Waals surface area (Å²) >= 11 is 0. The standard InChI is InChI=1S/C27H32N6O4/c28-24(36)19-13-30-25(33-9-1-6-27(15-33)7-8-29-26(27)37)22-18-12-17(2-3-20(18)31-23(19)22)16-4-10-32(11-5-16)14-21(34)35/h2-3,12-13,16,31H,1,4-11,14-15H2,(H2,28,36)(H,29,37)(H,34,35). The molecule has 1 atom stereocenters. The van der Waals surface area contributed by atoms with Gasteiger partial charge in [0.2, 0.25) is 5.91 Å². The molecule has 37 heavy (non-hydrogen) atoms. The number of nitrogens with one attached hydrogen (secondary N) is 2. The van der Waals surface area contributed by atoms with Gasteiger partial charge in [-0.15, -0.1) is 0 Å². The number of aromatic nitrogens is 2. The van der Waals surface area contributed by atoms with E-state index >= 15 is 0 Å². The largest absolute Gasteiger partial charge is 0.480 e. The van der Waals surface area contributed by atoms with E-state index in [-0.39, 0.29) is 12.5 Å². The number of nitrogens with two attached hydrogens (primary N) is 1. The summed E-state index contributed by atoms with van der Waals surface area (Å²) in [6, 6.07) is 6.35. The number of primary amides is 1. The molecule has 1 spiro atoms. The minimum absolute atomic E-state index is 0.0779. The summed E-state index contributed by atoms with van der Waals surface area (Å²) in [6.45, 7) is 3.68. The fraction of sp³-hybridized carbons (Fsp3) is 0.481. The molecule has 3 fully saturated rings. The number of amides is 2. The van der Waals surface area contributed by atoms with Gasteiger partial charge < -0.3 is 26.0 Å². The third-order valence-corrected chi connectivity index (χ3v) is 8.56. The maximum absolute atomic E-state index is 12.7. The minimum Gasteiger partial charge on any atom is -0.480 e. The number of carbonyl (C=O) groups excluding carboxylic acids is 2. The van der Waals surface area contributed by atoms with Gasteiger partial charge in [-0.2, -0.15) is 0 Å². The Kier molecular flexibility index (Phi) is 5.78. The third kappa shape index (κ3) is 4.09. The zero-order chi connectivity index (χ0) is 25.7. The number of carbonyl (C=O) groups is 3. The molecule has 0 radical (unpaired) electrons. The molecule has 2 aromatic heterocycles. The van der Waals surface area contributed by atoms with Crippen LogP contribution >= 0.6 is 0 Å². The zero-order valence-electron chi connectivity index (χ0n) is 20.8. The topological polar surface area (TPSA) is 145 Å². The highest BCUT2D eigenvalue weighted by Gasteiger charge is 2.45. The summed E-state index contributed by atoms with van der Waals surface area (Å²) in [7, 11) is 0. The van der Waals surface area contributed by atoms with Crippen LogP contribution in [0.1, 0.15) is 53.9 Å². The van der Waals surface area contributed by atoms with Crippen molar-refractivity contribution < 1.29 is 19.5 Å². The van der Waals surface area contributed by atoms with E-state index in [1.807, 2.05) is 11.0 Å². The summed E-state index contributed by atoms with van der Waals surface area (Å²) in [6.07, 6.45) is 5.92. The lowest BCUT2D eigenvalue weighted by atomic mass is 9.78. The second kappa shape index (κ2) is 9.02. The number of nitrogens with zero attached hydrogens (tertiary/aromatic N) is 3. The van der Waals surface area contributed by atoms with Crippen LogP contribution in [0.3, 0.4) is 0 Å². The summed E-state index contributed by atoms with van der Waals surface area (Å²) in [5.74, 6) is -0.0999. The summed E-state index contributed by atoms with van der Waals surface area (Å²) < 4.78 is 0. The molecule has 3 aliphatic heterocycles. The summed E-state index contributed by atoms with van der Waals surface area (Å²) in [5, 5.41) is 14.0. The maximum Gasteiger partial charge on any atom is 0.317 e. The predicted molar refractivity (Wildman–Crippen MR) is 140 cm³/mol. The van der Waals surface area contributed by atoms with Crippen molar-refractivity contribution in [2.75, 3.05) is 44.2 Å². The van der Waals surface area contributed by atoms with Crippen LogP contribution in [0.15, 0.2) is 24.4 Å². The Bertz CT molecular complexity index is 1410. The Morgan fingerprint density at radius 2 is 2.00 bits per heavy atom. The monoisotopic (exact) mass is 504 g/mol. The molecule has 0 bridgehead atoms. The first-order valence-electron chi connectivity index (χ1n) is 13.1. The lowest BCUT2D eigenvalue weighted by molar-refractivity contribution is -0.138. The van der Waals surface area contributed by atoms with Crippen LogP contribution < -0.4 is 16.0 Å². The van der Waals surface area contributed by atoms with Crippen LogP contribution in [0.4, 0.5) is 5.82 Å². The molecule has 3 saturated heterocycles. The van der Waals surface area contributed by atoms with E-state index < -0.39 is 17.3 Å². The fourth-order valence-corrected chi connectivity index (χ4v) is 6.61. The number of hydrogen-bond acceptors (Lipinski definition) is 6. The zero-order valence-corrected chi connectivity index (χ0v) is 20.8. The van der Waals surface area contributed by atoms with Crippen LogP contribution in [0.25, 0.3) is 21.8 Å². The van der Waals surface area contributed by atoms with Crippen molar-refractivity contribution in [3.8, 4) is 0 Å². The van der Waals surface area contributed by atoms with Gasteiger partial charge in [0.15, 0.2) is 0 Å².